The quantitative estimate of drug-likeness (QED) is 0.860. The van der Waals surface area contributed by atoms with Crippen LogP contribution in [0.25, 0.3) is 0 Å². The summed E-state index contributed by atoms with van der Waals surface area (Å²) in [5.41, 5.74) is 1.19. The Morgan fingerprint density at radius 1 is 1.53 bits per heavy atom. The van der Waals surface area contributed by atoms with Gasteiger partial charge in [-0.2, -0.15) is 0 Å². The number of carbonyl (C=O) groups is 1. The lowest BCUT2D eigenvalue weighted by Gasteiger charge is -2.17. The first-order valence-electron chi connectivity index (χ1n) is 6.26. The standard InChI is InChI=1S/C15H16ClNO2/c1-17(10-11-4-5-11)15(19)13-7-6-12(3-2-8-18)14(16)9-13/h6-7,9,11,18H,4-5,8,10H2,1H3. The Balaban J connectivity index is 2.11. The fourth-order valence-corrected chi connectivity index (χ4v) is 2.10. The van der Waals surface area contributed by atoms with Gasteiger partial charge in [-0.15, -0.1) is 0 Å². The molecule has 0 saturated heterocycles. The van der Waals surface area contributed by atoms with E-state index in [1.807, 2.05) is 7.05 Å². The third-order valence-electron chi connectivity index (χ3n) is 3.09. The number of rotatable bonds is 3. The fraction of sp³-hybridized carbons (Fsp3) is 0.400. The first-order valence-corrected chi connectivity index (χ1v) is 6.64. The normalized spacial score (nSPS) is 13.6. The van der Waals surface area contributed by atoms with E-state index in [2.05, 4.69) is 11.8 Å². The summed E-state index contributed by atoms with van der Waals surface area (Å²) < 4.78 is 0. The van der Waals surface area contributed by atoms with Crippen molar-refractivity contribution in [3.05, 3.63) is 34.3 Å². The van der Waals surface area contributed by atoms with Gasteiger partial charge in [0.15, 0.2) is 0 Å². The second-order valence-corrected chi connectivity index (χ2v) is 5.19. The van der Waals surface area contributed by atoms with Gasteiger partial charge in [-0.3, -0.25) is 4.79 Å². The van der Waals surface area contributed by atoms with Crippen molar-refractivity contribution in [2.75, 3.05) is 20.2 Å². The van der Waals surface area contributed by atoms with Crippen LogP contribution in [0, 0.1) is 17.8 Å². The number of benzene rings is 1. The summed E-state index contributed by atoms with van der Waals surface area (Å²) >= 11 is 6.08. The van der Waals surface area contributed by atoms with Crippen molar-refractivity contribution in [1.29, 1.82) is 0 Å². The van der Waals surface area contributed by atoms with E-state index in [9.17, 15) is 4.79 Å². The van der Waals surface area contributed by atoms with Crippen LogP contribution in [0.5, 0.6) is 0 Å². The fourth-order valence-electron chi connectivity index (χ4n) is 1.88. The molecule has 3 nitrogen and oxygen atoms in total. The third-order valence-corrected chi connectivity index (χ3v) is 3.41. The molecular weight excluding hydrogens is 262 g/mol. The average Bonchev–Trinajstić information content (AvgIpc) is 3.20. The van der Waals surface area contributed by atoms with Crippen LogP contribution in [-0.2, 0) is 0 Å². The molecule has 1 N–H and O–H groups in total. The van der Waals surface area contributed by atoms with Crippen molar-refractivity contribution >= 4 is 17.5 Å². The summed E-state index contributed by atoms with van der Waals surface area (Å²) in [7, 11) is 1.81. The molecule has 1 aromatic rings. The van der Waals surface area contributed by atoms with E-state index in [4.69, 9.17) is 16.7 Å². The minimum absolute atomic E-state index is 0.0181. The summed E-state index contributed by atoms with van der Waals surface area (Å²) in [6, 6.07) is 5.07. The minimum Gasteiger partial charge on any atom is -0.384 e. The minimum atomic E-state index is -0.207. The van der Waals surface area contributed by atoms with Crippen LogP contribution in [0.1, 0.15) is 28.8 Å². The lowest BCUT2D eigenvalue weighted by molar-refractivity contribution is 0.0788. The van der Waals surface area contributed by atoms with Gasteiger partial charge in [-0.1, -0.05) is 23.4 Å². The number of aliphatic hydroxyl groups is 1. The zero-order valence-corrected chi connectivity index (χ0v) is 11.6. The SMILES string of the molecule is CN(CC1CC1)C(=O)c1ccc(C#CCO)c(Cl)c1. The average molecular weight is 278 g/mol. The van der Waals surface area contributed by atoms with Crippen molar-refractivity contribution in [1.82, 2.24) is 4.90 Å². The molecule has 1 aromatic carbocycles. The lowest BCUT2D eigenvalue weighted by Crippen LogP contribution is -2.28. The molecule has 1 aliphatic rings. The molecule has 1 fully saturated rings. The molecule has 0 radical (unpaired) electrons. The molecule has 0 atom stereocenters. The molecule has 1 aliphatic carbocycles. The Labute approximate surface area is 118 Å². The van der Waals surface area contributed by atoms with Crippen LogP contribution in [0.4, 0.5) is 0 Å². The van der Waals surface area contributed by atoms with Crippen molar-refractivity contribution in [2.45, 2.75) is 12.8 Å². The van der Waals surface area contributed by atoms with Crippen LogP contribution in [0.2, 0.25) is 5.02 Å². The first kappa shape index (κ1) is 13.9. The van der Waals surface area contributed by atoms with Gasteiger partial charge < -0.3 is 10.0 Å². The summed E-state index contributed by atoms with van der Waals surface area (Å²) in [5.74, 6) is 5.93. The molecule has 0 spiro atoms. The monoisotopic (exact) mass is 277 g/mol. The lowest BCUT2D eigenvalue weighted by atomic mass is 10.1. The Morgan fingerprint density at radius 3 is 2.84 bits per heavy atom. The zero-order valence-electron chi connectivity index (χ0n) is 10.8. The summed E-state index contributed by atoms with van der Waals surface area (Å²) in [6.07, 6.45) is 2.43. The van der Waals surface area contributed by atoms with Crippen LogP contribution in [0.3, 0.4) is 0 Å². The second kappa shape index (κ2) is 6.10. The highest BCUT2D eigenvalue weighted by molar-refractivity contribution is 6.32. The highest BCUT2D eigenvalue weighted by Crippen LogP contribution is 2.29. The molecule has 1 saturated carbocycles. The maximum Gasteiger partial charge on any atom is 0.253 e. The zero-order chi connectivity index (χ0) is 13.8. The predicted molar refractivity (Wildman–Crippen MR) is 75.1 cm³/mol. The Hall–Kier alpha value is -1.50. The van der Waals surface area contributed by atoms with Crippen LogP contribution < -0.4 is 0 Å². The van der Waals surface area contributed by atoms with E-state index in [1.54, 1.807) is 23.1 Å². The Kier molecular flexibility index (Phi) is 4.47. The molecule has 2 rings (SSSR count). The molecular formula is C15H16ClNO2. The predicted octanol–water partition coefficient (Wildman–Crippen LogP) is 2.17. The number of halogens is 1. The molecule has 0 unspecified atom stereocenters. The molecule has 100 valence electrons. The van der Waals surface area contributed by atoms with E-state index in [-0.39, 0.29) is 12.5 Å². The highest BCUT2D eigenvalue weighted by Gasteiger charge is 2.25. The molecule has 0 bridgehead atoms. The van der Waals surface area contributed by atoms with Crippen LogP contribution >= 0.6 is 11.6 Å². The van der Waals surface area contributed by atoms with Gasteiger partial charge in [-0.25, -0.2) is 0 Å². The van der Waals surface area contributed by atoms with Crippen molar-refractivity contribution < 1.29 is 9.90 Å². The number of carbonyl (C=O) groups excluding carboxylic acids is 1. The first-order chi connectivity index (χ1) is 9.11. The van der Waals surface area contributed by atoms with Crippen LogP contribution in [-0.4, -0.2) is 36.1 Å². The van der Waals surface area contributed by atoms with Gasteiger partial charge in [0.1, 0.15) is 6.61 Å². The highest BCUT2D eigenvalue weighted by atomic mass is 35.5. The van der Waals surface area contributed by atoms with E-state index in [0.29, 0.717) is 22.1 Å². The van der Waals surface area contributed by atoms with Gasteiger partial charge in [0.05, 0.1) is 5.02 Å². The molecule has 0 aliphatic heterocycles. The molecule has 4 heteroatoms. The maximum absolute atomic E-state index is 12.2. The third kappa shape index (κ3) is 3.73. The topological polar surface area (TPSA) is 40.5 Å². The van der Waals surface area contributed by atoms with Crippen molar-refractivity contribution in [3.63, 3.8) is 0 Å². The van der Waals surface area contributed by atoms with Gasteiger partial charge in [0.2, 0.25) is 0 Å². The number of nitrogens with zero attached hydrogens (tertiary/aromatic N) is 1. The molecule has 0 aromatic heterocycles. The summed E-state index contributed by atoms with van der Waals surface area (Å²) in [5, 5.41) is 9.08. The second-order valence-electron chi connectivity index (χ2n) is 4.78. The largest absolute Gasteiger partial charge is 0.384 e. The number of hydrogen-bond acceptors (Lipinski definition) is 2. The number of amides is 1. The molecule has 0 heterocycles. The Morgan fingerprint density at radius 2 is 2.26 bits per heavy atom. The van der Waals surface area contributed by atoms with E-state index in [0.717, 1.165) is 6.54 Å². The smallest absolute Gasteiger partial charge is 0.253 e. The number of aliphatic hydroxyl groups excluding tert-OH is 1. The maximum atomic E-state index is 12.2. The van der Waals surface area contributed by atoms with Gasteiger partial charge >= 0.3 is 0 Å². The van der Waals surface area contributed by atoms with E-state index >= 15 is 0 Å². The summed E-state index contributed by atoms with van der Waals surface area (Å²) in [6.45, 7) is 0.601. The van der Waals surface area contributed by atoms with Crippen molar-refractivity contribution in [2.24, 2.45) is 5.92 Å². The number of hydrogen-bond donors (Lipinski definition) is 1. The Bertz CT molecular complexity index is 541. The molecule has 19 heavy (non-hydrogen) atoms. The van der Waals surface area contributed by atoms with Gasteiger partial charge in [0, 0.05) is 24.7 Å². The van der Waals surface area contributed by atoms with Crippen LogP contribution in [0.15, 0.2) is 18.2 Å². The molecule has 1 amide bonds. The summed E-state index contributed by atoms with van der Waals surface area (Å²) in [4.78, 5) is 13.9. The van der Waals surface area contributed by atoms with Gasteiger partial charge in [0.25, 0.3) is 5.91 Å². The van der Waals surface area contributed by atoms with Gasteiger partial charge in [-0.05, 0) is 37.0 Å². The van der Waals surface area contributed by atoms with Crippen molar-refractivity contribution in [3.8, 4) is 11.8 Å². The van der Waals surface area contributed by atoms with E-state index < -0.39 is 0 Å². The van der Waals surface area contributed by atoms with E-state index in [1.165, 1.54) is 12.8 Å².